The van der Waals surface area contributed by atoms with Crippen molar-refractivity contribution in [3.8, 4) is 5.75 Å². The van der Waals surface area contributed by atoms with Gasteiger partial charge in [0.1, 0.15) is 72.2 Å². The number of unbranched alkanes of at least 4 members (excludes halogenated alkanes) is 2. The van der Waals surface area contributed by atoms with Crippen molar-refractivity contribution in [2.24, 2.45) is 45.9 Å². The van der Waals surface area contributed by atoms with Crippen molar-refractivity contribution >= 4 is 120 Å². The average molecular weight is 1510 g/mol. The van der Waals surface area contributed by atoms with Crippen molar-refractivity contribution in [2.45, 2.75) is 195 Å². The number of nitrogens with two attached hydrogens (primary N) is 8. The molecule has 586 valence electrons. The van der Waals surface area contributed by atoms with Gasteiger partial charge in [0, 0.05) is 31.1 Å². The maximum absolute atomic E-state index is 14.2. The van der Waals surface area contributed by atoms with E-state index in [2.05, 4.69) is 99.7 Å². The van der Waals surface area contributed by atoms with Crippen LogP contribution >= 0.6 is 25.3 Å². The van der Waals surface area contributed by atoms with Crippen molar-refractivity contribution in [3.63, 3.8) is 0 Å². The minimum Gasteiger partial charge on any atom is -0.508 e. The number of primary amides is 1. The first-order valence-corrected chi connectivity index (χ1v) is 35.1. The minimum absolute atomic E-state index is 0.00803. The predicted molar refractivity (Wildman–Crippen MR) is 389 cm³/mol. The summed E-state index contributed by atoms with van der Waals surface area (Å²) < 4.78 is 0. The van der Waals surface area contributed by atoms with E-state index in [0.717, 1.165) is 6.92 Å². The van der Waals surface area contributed by atoms with Crippen LogP contribution in [-0.2, 0) is 68.7 Å². The number of carbonyl (C=O) groups excluding carboxylic acids is 12. The van der Waals surface area contributed by atoms with Crippen molar-refractivity contribution in [1.82, 2.24) is 74.4 Å². The number of aliphatic hydroxyl groups is 1. The van der Waals surface area contributed by atoms with E-state index in [0.29, 0.717) is 24.8 Å². The molecule has 0 saturated carbocycles. The Kier molecular flexibility index (Phi) is 45.1. The zero-order chi connectivity index (χ0) is 78.6. The third kappa shape index (κ3) is 37.0. The Hall–Kier alpha value is -9.56. The topological polar surface area (TPSA) is 731 Å². The lowest BCUT2D eigenvalue weighted by Crippen LogP contribution is -2.62. The molecule has 1 aromatic rings. The average Bonchev–Trinajstić information content (AvgIpc) is 0.859. The molecule has 0 fully saturated rings. The number of guanidine groups is 3. The molecule has 36 N–H and O–H groups in total. The van der Waals surface area contributed by atoms with Gasteiger partial charge in [0.25, 0.3) is 0 Å². The molecular formula is C61H109N25O16S2. The second-order valence-corrected chi connectivity index (χ2v) is 24.9. The molecule has 104 heavy (non-hydrogen) atoms. The number of carbonyl (C=O) groups is 13. The molecule has 41 nitrogen and oxygen atoms in total. The van der Waals surface area contributed by atoms with Gasteiger partial charge in [0.15, 0.2) is 17.9 Å². The fourth-order valence-electron chi connectivity index (χ4n) is 9.85. The number of aliphatic carboxylic acids is 1. The van der Waals surface area contributed by atoms with Crippen LogP contribution in [0.5, 0.6) is 5.75 Å². The normalized spacial score (nSPS) is 14.7. The molecular weight excluding hydrogens is 1400 g/mol. The zero-order valence-corrected chi connectivity index (χ0v) is 60.2. The zero-order valence-electron chi connectivity index (χ0n) is 58.4. The largest absolute Gasteiger partial charge is 0.508 e. The first-order valence-electron chi connectivity index (χ1n) is 33.8. The molecule has 0 bridgehead atoms. The maximum atomic E-state index is 14.2. The molecule has 1 aromatic carbocycles. The SMILES string of the molecule is CCCC[C@H](NC(=O)[C@H](CCCNC(=N)N)NC(=O)[C@H](CCCNC(=N)N)NC(=O)[C@H](CS)NC(=O)[C@H](CCCCN)NC(=O)[C@@H](CCN)NC(=O)[C@@H](NC(=O)[C@H](CCN)NC(=O)[C@H](CCCNC(=N)N)NC(=O)[C@H](CC(N)=O)NC(=O)[C@H](CS)NC(=O)[C@@H](N)Cc1ccc(O)cc1)[C@@H](C)O)C(=O)O. The predicted octanol–water partition coefficient (Wildman–Crippen LogP) is -9.40. The Morgan fingerprint density at radius 1 is 0.423 bits per heavy atom. The number of phenolic OH excluding ortho intramolecular Hbond substituents is 1. The van der Waals surface area contributed by atoms with Crippen molar-refractivity contribution in [2.75, 3.05) is 50.8 Å². The Balaban J connectivity index is 3.52. The Labute approximate surface area is 613 Å². The number of amides is 12. The van der Waals surface area contributed by atoms with E-state index in [1.54, 1.807) is 0 Å². The van der Waals surface area contributed by atoms with Gasteiger partial charge in [0.05, 0.1) is 18.6 Å². The molecule has 13 atom stereocenters. The van der Waals surface area contributed by atoms with Crippen LogP contribution in [-0.4, -0.2) is 239 Å². The van der Waals surface area contributed by atoms with Crippen molar-refractivity contribution < 1.29 is 77.6 Å². The fraction of sp³-hybridized carbons (Fsp3) is 0.639. The van der Waals surface area contributed by atoms with Crippen LogP contribution in [0.2, 0.25) is 0 Å². The maximum Gasteiger partial charge on any atom is 0.326 e. The molecule has 0 unspecified atom stereocenters. The van der Waals surface area contributed by atoms with E-state index in [1.165, 1.54) is 24.3 Å². The van der Waals surface area contributed by atoms with Crippen molar-refractivity contribution in [1.29, 1.82) is 16.2 Å². The van der Waals surface area contributed by atoms with Gasteiger partial charge in [-0.15, -0.1) is 0 Å². The number of hydrogen-bond donors (Lipinski definition) is 30. The van der Waals surface area contributed by atoms with Gasteiger partial charge in [-0.05, 0) is 128 Å². The molecule has 0 aromatic heterocycles. The quantitative estimate of drug-likeness (QED) is 0.0125. The second-order valence-electron chi connectivity index (χ2n) is 24.2. The summed E-state index contributed by atoms with van der Waals surface area (Å²) in [6.07, 6.45) is -1.89. The molecule has 0 heterocycles. The number of hydrogen-bond acceptors (Lipinski definition) is 24. The standard InChI is InChI=1S/C61H109N25O16S2/c1-3-4-10-41(58(101)102)82-50(93)38(14-9-26-75-61(71)72)77-48(91)37(13-8-25-74-60(69)70)79-55(98)44(30-104)85-51(94)35(11-5-6-21-62)76-52(95)39(19-22-63)81-57(100)46(31(2)87)86-53(96)40(20-23-64)80-49(92)36(12-7-24-73-59(67)68)78-54(97)42(28-45(66)89)83-56(99)43(29-103)84-47(90)34(65)27-32-15-17-33(88)18-16-32/h15-18,31,34-44,46,87-88,103-104H,3-14,19-30,62-65H2,1-2H3,(H2,66,89)(H,76,95)(H,77,91)(H,78,97)(H,79,98)(H,80,92)(H,81,100)(H,82,93)(H,83,99)(H,84,90)(H,85,94)(H,86,96)(H,101,102)(H4,67,68,73)(H4,69,70,74)(H4,71,72,75)/t31-,34+,35+,36+,37+,38+,39-,40+,41+,42+,43+,44+,46+/m1/s1. The van der Waals surface area contributed by atoms with Crippen LogP contribution in [0.3, 0.4) is 0 Å². The molecule has 0 aliphatic heterocycles. The summed E-state index contributed by atoms with van der Waals surface area (Å²) in [6.45, 7) is 2.63. The van der Waals surface area contributed by atoms with Gasteiger partial charge in [-0.1, -0.05) is 31.9 Å². The summed E-state index contributed by atoms with van der Waals surface area (Å²) in [6, 6.07) is -12.5. The van der Waals surface area contributed by atoms with E-state index < -0.39 is 180 Å². The number of rotatable bonds is 53. The number of carboxylic acid groups (broad SMARTS) is 1. The molecule has 0 saturated heterocycles. The highest BCUT2D eigenvalue weighted by Gasteiger charge is 2.38. The first-order chi connectivity index (χ1) is 49.2. The van der Waals surface area contributed by atoms with Crippen LogP contribution in [0.25, 0.3) is 0 Å². The summed E-state index contributed by atoms with van der Waals surface area (Å²) in [7, 11) is 0. The number of carboxylic acids is 1. The minimum atomic E-state index is -1.90. The van der Waals surface area contributed by atoms with E-state index >= 15 is 0 Å². The van der Waals surface area contributed by atoms with E-state index in [1.807, 2.05) is 6.92 Å². The molecule has 1 rings (SSSR count). The molecule has 0 aliphatic carbocycles. The lowest BCUT2D eigenvalue weighted by molar-refractivity contribution is -0.142. The highest BCUT2D eigenvalue weighted by molar-refractivity contribution is 7.80. The molecule has 0 spiro atoms. The highest BCUT2D eigenvalue weighted by atomic mass is 32.1. The number of thiol groups is 2. The molecule has 12 amide bonds. The third-order valence-electron chi connectivity index (χ3n) is 15.5. The fourth-order valence-corrected chi connectivity index (χ4v) is 10.4. The van der Waals surface area contributed by atoms with Gasteiger partial charge in [0.2, 0.25) is 70.9 Å². The summed E-state index contributed by atoms with van der Waals surface area (Å²) in [5.74, 6) is -15.4. The number of aliphatic hydroxyl groups excluding tert-OH is 1. The van der Waals surface area contributed by atoms with Gasteiger partial charge in [-0.25, -0.2) is 4.79 Å². The lowest BCUT2D eigenvalue weighted by atomic mass is 10.0. The number of phenols is 1. The molecule has 43 heteroatoms. The van der Waals surface area contributed by atoms with Gasteiger partial charge in [-0.2, -0.15) is 25.3 Å². The third-order valence-corrected chi connectivity index (χ3v) is 16.3. The van der Waals surface area contributed by atoms with Crippen LogP contribution in [0.4, 0.5) is 0 Å². The summed E-state index contributed by atoms with van der Waals surface area (Å²) >= 11 is 8.43. The lowest BCUT2D eigenvalue weighted by Gasteiger charge is -2.29. The Morgan fingerprint density at radius 2 is 0.740 bits per heavy atom. The smallest absolute Gasteiger partial charge is 0.326 e. The first kappa shape index (κ1) is 92.5. The van der Waals surface area contributed by atoms with Gasteiger partial charge in [-0.3, -0.25) is 73.8 Å². The Bertz CT molecular complexity index is 3020. The van der Waals surface area contributed by atoms with Crippen LogP contribution in [0, 0.1) is 16.2 Å². The van der Waals surface area contributed by atoms with Crippen molar-refractivity contribution in [3.05, 3.63) is 29.8 Å². The monoisotopic (exact) mass is 1510 g/mol. The van der Waals surface area contributed by atoms with Gasteiger partial charge >= 0.3 is 5.97 Å². The molecule has 0 aliphatic rings. The van der Waals surface area contributed by atoms with E-state index in [-0.39, 0.29) is 134 Å². The highest BCUT2D eigenvalue weighted by Crippen LogP contribution is 2.13. The number of benzene rings is 1. The number of nitrogens with one attached hydrogen (secondary N) is 17. The van der Waals surface area contributed by atoms with E-state index in [9.17, 15) is 77.6 Å². The van der Waals surface area contributed by atoms with Gasteiger partial charge < -0.3 is 136 Å². The summed E-state index contributed by atoms with van der Waals surface area (Å²) in [5.41, 5.74) is 45.9. The molecule has 0 radical (unpaired) electrons. The van der Waals surface area contributed by atoms with E-state index in [4.69, 9.17) is 62.1 Å². The van der Waals surface area contributed by atoms with Crippen LogP contribution in [0.15, 0.2) is 24.3 Å². The van der Waals surface area contributed by atoms with Crippen LogP contribution < -0.4 is 120 Å². The number of aromatic hydroxyl groups is 1. The second kappa shape index (κ2) is 50.7. The summed E-state index contributed by atoms with van der Waals surface area (Å²) in [4.78, 5) is 178. The van der Waals surface area contributed by atoms with Crippen LogP contribution in [0.1, 0.15) is 116 Å². The Morgan fingerprint density at radius 3 is 1.09 bits per heavy atom. The summed E-state index contributed by atoms with van der Waals surface area (Å²) in [5, 5.41) is 87.6.